The highest BCUT2D eigenvalue weighted by molar-refractivity contribution is 7.23. The fourth-order valence-electron chi connectivity index (χ4n) is 3.67. The minimum Gasteiger partial charge on any atom is -0.353 e. The minimum absolute atomic E-state index is 0.0808. The number of amides is 2. The van der Waals surface area contributed by atoms with Crippen LogP contribution < -0.4 is 5.32 Å². The fraction of sp³-hybridized carbons (Fsp3) is 0.348. The lowest BCUT2D eigenvalue weighted by Gasteiger charge is -2.32. The summed E-state index contributed by atoms with van der Waals surface area (Å²) in [7, 11) is 0. The zero-order valence-electron chi connectivity index (χ0n) is 17.1. The molecule has 8 heteroatoms. The van der Waals surface area contributed by atoms with Crippen LogP contribution in [-0.4, -0.2) is 40.8 Å². The molecular formula is C23H24ClN3O2S2. The molecule has 1 aromatic carbocycles. The van der Waals surface area contributed by atoms with Crippen molar-refractivity contribution in [3.63, 3.8) is 0 Å². The zero-order valence-corrected chi connectivity index (χ0v) is 19.4. The van der Waals surface area contributed by atoms with Crippen LogP contribution in [0.3, 0.4) is 0 Å². The molecule has 162 valence electrons. The monoisotopic (exact) mass is 473 g/mol. The molecule has 5 nitrogen and oxygen atoms in total. The molecule has 2 amide bonds. The Morgan fingerprint density at radius 2 is 1.90 bits per heavy atom. The molecule has 1 aliphatic rings. The number of aryl methyl sites for hydroxylation is 1. The van der Waals surface area contributed by atoms with Crippen LogP contribution in [0.15, 0.2) is 47.8 Å². The highest BCUT2D eigenvalue weighted by Crippen LogP contribution is 2.33. The summed E-state index contributed by atoms with van der Waals surface area (Å²) in [6.07, 6.45) is 3.13. The molecular weight excluding hydrogens is 450 g/mol. The average molecular weight is 474 g/mol. The van der Waals surface area contributed by atoms with Gasteiger partial charge in [-0.3, -0.25) is 9.59 Å². The molecule has 1 saturated heterocycles. The van der Waals surface area contributed by atoms with E-state index >= 15 is 0 Å². The van der Waals surface area contributed by atoms with E-state index in [1.807, 2.05) is 52.7 Å². The van der Waals surface area contributed by atoms with Crippen LogP contribution in [0.1, 0.15) is 30.5 Å². The van der Waals surface area contributed by atoms with Crippen LogP contribution in [0.25, 0.3) is 9.88 Å². The van der Waals surface area contributed by atoms with Crippen LogP contribution in [0.4, 0.5) is 0 Å². The predicted octanol–water partition coefficient (Wildman–Crippen LogP) is 4.81. The van der Waals surface area contributed by atoms with Gasteiger partial charge in [0.25, 0.3) is 0 Å². The van der Waals surface area contributed by atoms with E-state index in [4.69, 9.17) is 11.6 Å². The van der Waals surface area contributed by atoms with Crippen LogP contribution in [0.2, 0.25) is 4.34 Å². The minimum atomic E-state index is 0.0808. The summed E-state index contributed by atoms with van der Waals surface area (Å²) in [5.74, 6) is 0.173. The van der Waals surface area contributed by atoms with Gasteiger partial charge in [0.15, 0.2) is 0 Å². The van der Waals surface area contributed by atoms with Gasteiger partial charge in [-0.1, -0.05) is 41.9 Å². The maximum atomic E-state index is 12.7. The van der Waals surface area contributed by atoms with Gasteiger partial charge in [0.1, 0.15) is 5.01 Å². The Hall–Kier alpha value is -2.22. The second-order valence-corrected chi connectivity index (χ2v) is 10.2. The van der Waals surface area contributed by atoms with E-state index in [0.717, 1.165) is 39.2 Å². The number of aromatic nitrogens is 1. The van der Waals surface area contributed by atoms with Crippen molar-refractivity contribution in [2.75, 3.05) is 13.1 Å². The molecule has 0 saturated carbocycles. The quantitative estimate of drug-likeness (QED) is 0.535. The number of carbonyl (C=O) groups excluding carboxylic acids is 2. The number of hydrogen-bond acceptors (Lipinski definition) is 5. The van der Waals surface area contributed by atoms with Crippen molar-refractivity contribution in [3.05, 3.63) is 63.4 Å². The first-order valence-corrected chi connectivity index (χ1v) is 12.5. The van der Waals surface area contributed by atoms with Crippen molar-refractivity contribution in [1.29, 1.82) is 0 Å². The average Bonchev–Trinajstić information content (AvgIpc) is 3.42. The SMILES string of the molecule is O=C(CCc1ccccc1)NC1CCN(C(=O)Cc2csc(-c3ccc(Cl)s3)n2)CC1. The standard InChI is InChI=1S/C23H24ClN3O2S2/c24-20-8-7-19(31-20)23-26-18(15-30-23)14-22(29)27-12-10-17(11-13-27)25-21(28)9-6-16-4-2-1-3-5-16/h1-5,7-8,15,17H,6,9-14H2,(H,25,28). The molecule has 2 aromatic heterocycles. The van der Waals surface area contributed by atoms with E-state index in [9.17, 15) is 9.59 Å². The first-order valence-electron chi connectivity index (χ1n) is 10.4. The van der Waals surface area contributed by atoms with E-state index in [-0.39, 0.29) is 17.9 Å². The summed E-state index contributed by atoms with van der Waals surface area (Å²) in [6, 6.07) is 14.0. The van der Waals surface area contributed by atoms with Crippen molar-refractivity contribution < 1.29 is 9.59 Å². The number of thiophene rings is 1. The smallest absolute Gasteiger partial charge is 0.228 e. The molecule has 0 bridgehead atoms. The van der Waals surface area contributed by atoms with Crippen molar-refractivity contribution in [1.82, 2.24) is 15.2 Å². The van der Waals surface area contributed by atoms with Crippen LogP contribution >= 0.6 is 34.3 Å². The number of hydrogen-bond donors (Lipinski definition) is 1. The molecule has 0 spiro atoms. The number of likely N-dealkylation sites (tertiary alicyclic amines) is 1. The second kappa shape index (κ2) is 10.4. The van der Waals surface area contributed by atoms with E-state index in [2.05, 4.69) is 10.3 Å². The number of thiazole rings is 1. The maximum absolute atomic E-state index is 12.7. The lowest BCUT2D eigenvalue weighted by molar-refractivity contribution is -0.131. The number of carbonyl (C=O) groups is 2. The highest BCUT2D eigenvalue weighted by atomic mass is 35.5. The summed E-state index contributed by atoms with van der Waals surface area (Å²) in [4.78, 5) is 32.4. The summed E-state index contributed by atoms with van der Waals surface area (Å²) >= 11 is 9.03. The molecule has 1 N–H and O–H groups in total. The Labute approximate surface area is 195 Å². The zero-order chi connectivity index (χ0) is 21.6. The Kier molecular flexibility index (Phi) is 7.37. The van der Waals surface area contributed by atoms with Gasteiger partial charge < -0.3 is 10.2 Å². The normalized spacial score (nSPS) is 14.5. The lowest BCUT2D eigenvalue weighted by atomic mass is 10.0. The number of rotatable bonds is 7. The van der Waals surface area contributed by atoms with Crippen LogP contribution in [-0.2, 0) is 22.4 Å². The van der Waals surface area contributed by atoms with Gasteiger partial charge in [0.2, 0.25) is 11.8 Å². The van der Waals surface area contributed by atoms with Crippen LogP contribution in [0, 0.1) is 0 Å². The first kappa shape index (κ1) is 22.0. The van der Waals surface area contributed by atoms with E-state index in [0.29, 0.717) is 25.9 Å². The number of halogens is 1. The van der Waals surface area contributed by atoms with Gasteiger partial charge in [-0.25, -0.2) is 4.98 Å². The number of nitrogens with zero attached hydrogens (tertiary/aromatic N) is 2. The third-order valence-electron chi connectivity index (χ3n) is 5.36. The molecule has 4 rings (SSSR count). The van der Waals surface area contributed by atoms with Gasteiger partial charge in [0.05, 0.1) is 21.3 Å². The topological polar surface area (TPSA) is 62.3 Å². The van der Waals surface area contributed by atoms with Crippen LogP contribution in [0.5, 0.6) is 0 Å². The Balaban J connectivity index is 1.20. The van der Waals surface area contributed by atoms with Gasteiger partial charge in [-0.2, -0.15) is 0 Å². The third-order valence-corrected chi connectivity index (χ3v) is 7.66. The lowest BCUT2D eigenvalue weighted by Crippen LogP contribution is -2.47. The number of benzene rings is 1. The first-order chi connectivity index (χ1) is 15.1. The largest absolute Gasteiger partial charge is 0.353 e. The summed E-state index contributed by atoms with van der Waals surface area (Å²) in [5, 5.41) is 5.97. The molecule has 3 heterocycles. The maximum Gasteiger partial charge on any atom is 0.228 e. The van der Waals surface area contributed by atoms with E-state index in [1.54, 1.807) is 0 Å². The molecule has 1 aliphatic heterocycles. The third kappa shape index (κ3) is 6.15. The molecule has 31 heavy (non-hydrogen) atoms. The predicted molar refractivity (Wildman–Crippen MR) is 127 cm³/mol. The number of nitrogens with one attached hydrogen (secondary N) is 1. The molecule has 1 fully saturated rings. The van der Waals surface area contributed by atoms with Gasteiger partial charge in [-0.05, 0) is 37.0 Å². The molecule has 3 aromatic rings. The van der Waals surface area contributed by atoms with Crippen molar-refractivity contribution in [2.45, 2.75) is 38.1 Å². The van der Waals surface area contributed by atoms with E-state index in [1.165, 1.54) is 28.2 Å². The van der Waals surface area contributed by atoms with E-state index < -0.39 is 0 Å². The second-order valence-electron chi connectivity index (χ2n) is 7.63. The fourth-order valence-corrected chi connectivity index (χ4v) is 5.61. The Morgan fingerprint density at radius 3 is 2.61 bits per heavy atom. The van der Waals surface area contributed by atoms with Gasteiger partial charge >= 0.3 is 0 Å². The Morgan fingerprint density at radius 1 is 1.13 bits per heavy atom. The summed E-state index contributed by atoms with van der Waals surface area (Å²) in [5.41, 5.74) is 1.97. The summed E-state index contributed by atoms with van der Waals surface area (Å²) in [6.45, 7) is 1.33. The summed E-state index contributed by atoms with van der Waals surface area (Å²) < 4.78 is 0.734. The highest BCUT2D eigenvalue weighted by Gasteiger charge is 2.24. The van der Waals surface area contributed by atoms with Crippen molar-refractivity contribution >= 4 is 46.1 Å². The number of piperidine rings is 1. The van der Waals surface area contributed by atoms with Crippen molar-refractivity contribution in [3.8, 4) is 9.88 Å². The van der Waals surface area contributed by atoms with Gasteiger partial charge in [0, 0.05) is 30.9 Å². The van der Waals surface area contributed by atoms with Gasteiger partial charge in [-0.15, -0.1) is 22.7 Å². The Bertz CT molecular complexity index is 1030. The molecule has 0 aliphatic carbocycles. The molecule has 0 atom stereocenters. The molecule has 0 radical (unpaired) electrons. The van der Waals surface area contributed by atoms with Crippen molar-refractivity contribution in [2.24, 2.45) is 0 Å². The molecule has 0 unspecified atom stereocenters.